The Morgan fingerprint density at radius 2 is 1.30 bits per heavy atom. The van der Waals surface area contributed by atoms with E-state index in [0.717, 1.165) is 19.4 Å². The van der Waals surface area contributed by atoms with Crippen molar-refractivity contribution in [1.29, 1.82) is 0 Å². The fourth-order valence-corrected chi connectivity index (χ4v) is 4.55. The molecule has 2 aromatic carbocycles. The minimum Gasteiger partial charge on any atom is -0.468 e. The molecule has 3 aromatic rings. The first kappa shape index (κ1) is 30.7. The summed E-state index contributed by atoms with van der Waals surface area (Å²) < 4.78 is 11.2. The molecule has 0 fully saturated rings. The summed E-state index contributed by atoms with van der Waals surface area (Å²) in [6, 6.07) is 16.6. The van der Waals surface area contributed by atoms with Gasteiger partial charge in [-0.25, -0.2) is 4.79 Å². The number of nitrogens with one attached hydrogen (secondary N) is 1. The second kappa shape index (κ2) is 13.9. The van der Waals surface area contributed by atoms with Gasteiger partial charge >= 0.3 is 11.9 Å². The number of rotatable bonds is 6. The van der Waals surface area contributed by atoms with E-state index >= 15 is 0 Å². The van der Waals surface area contributed by atoms with E-state index in [4.69, 9.17) is 10.5 Å². The number of hydrogen-bond donors (Lipinski definition) is 2. The summed E-state index contributed by atoms with van der Waals surface area (Å²) in [4.78, 5) is 37.4. The summed E-state index contributed by atoms with van der Waals surface area (Å²) in [5, 5.41) is 2.77. The number of halogens is 2. The molecule has 0 saturated heterocycles. The Morgan fingerprint density at radius 3 is 1.73 bits per heavy atom. The number of benzene rings is 2. The molecule has 7 nitrogen and oxygen atoms in total. The van der Waals surface area contributed by atoms with Crippen LogP contribution in [0, 0.1) is 0 Å². The summed E-state index contributed by atoms with van der Waals surface area (Å²) in [5.74, 6) is -1.21. The Morgan fingerprint density at radius 1 is 0.811 bits per heavy atom. The van der Waals surface area contributed by atoms with Crippen LogP contribution < -0.4 is 11.1 Å². The van der Waals surface area contributed by atoms with Crippen molar-refractivity contribution in [3.63, 3.8) is 0 Å². The van der Waals surface area contributed by atoms with Crippen LogP contribution >= 0.6 is 43.2 Å². The lowest BCUT2D eigenvalue weighted by atomic mass is 9.95. The molecule has 0 aliphatic rings. The van der Waals surface area contributed by atoms with Crippen molar-refractivity contribution in [3.8, 4) is 0 Å². The third-order valence-corrected chi connectivity index (χ3v) is 7.74. The third kappa shape index (κ3) is 9.07. The monoisotopic (exact) mass is 652 g/mol. The van der Waals surface area contributed by atoms with Gasteiger partial charge in [0.2, 0.25) is 0 Å². The Labute approximate surface area is 238 Å². The Bertz CT molecular complexity index is 1200. The van der Waals surface area contributed by atoms with Gasteiger partial charge in [-0.1, -0.05) is 76.9 Å². The lowest BCUT2D eigenvalue weighted by Gasteiger charge is -2.17. The van der Waals surface area contributed by atoms with E-state index in [-0.39, 0.29) is 11.3 Å². The Balaban J connectivity index is 0.000000312. The number of thiophene rings is 1. The average molecular weight is 654 g/mol. The molecule has 3 rings (SSSR count). The van der Waals surface area contributed by atoms with Crippen LogP contribution in [-0.2, 0) is 24.5 Å². The van der Waals surface area contributed by atoms with Crippen LogP contribution in [0.3, 0.4) is 0 Å². The SMILES string of the molecule is COC(=O)C(N)c1ccc(Br)cc1.COC(=O)C(NC(=O)c1ccc(C(C)(C)C)s1)c1ccc(Br)cc1. The van der Waals surface area contributed by atoms with Crippen LogP contribution in [-0.4, -0.2) is 32.1 Å². The first-order valence-corrected chi connectivity index (χ1v) is 13.6. The maximum Gasteiger partial charge on any atom is 0.333 e. The van der Waals surface area contributed by atoms with Crippen molar-refractivity contribution in [3.05, 3.63) is 90.5 Å². The van der Waals surface area contributed by atoms with Crippen LogP contribution in [0.2, 0.25) is 0 Å². The molecular weight excluding hydrogens is 624 g/mol. The smallest absolute Gasteiger partial charge is 0.333 e. The zero-order chi connectivity index (χ0) is 27.8. The van der Waals surface area contributed by atoms with Crippen LogP contribution in [0.15, 0.2) is 69.6 Å². The van der Waals surface area contributed by atoms with Crippen molar-refractivity contribution in [2.75, 3.05) is 14.2 Å². The molecule has 0 spiro atoms. The highest BCUT2D eigenvalue weighted by Gasteiger charge is 2.26. The molecule has 10 heteroatoms. The van der Waals surface area contributed by atoms with E-state index in [1.54, 1.807) is 30.3 Å². The van der Waals surface area contributed by atoms with Gasteiger partial charge in [0.1, 0.15) is 6.04 Å². The zero-order valence-electron chi connectivity index (χ0n) is 21.2. The highest BCUT2D eigenvalue weighted by atomic mass is 79.9. The van der Waals surface area contributed by atoms with Gasteiger partial charge in [-0.15, -0.1) is 11.3 Å². The van der Waals surface area contributed by atoms with Crippen molar-refractivity contribution in [1.82, 2.24) is 5.32 Å². The first-order chi connectivity index (χ1) is 17.4. The molecule has 2 unspecified atom stereocenters. The van der Waals surface area contributed by atoms with Crippen LogP contribution in [0.4, 0.5) is 0 Å². The van der Waals surface area contributed by atoms with Crippen LogP contribution in [0.1, 0.15) is 58.5 Å². The quantitative estimate of drug-likeness (QED) is 0.313. The van der Waals surface area contributed by atoms with E-state index in [2.05, 4.69) is 62.7 Å². The highest BCUT2D eigenvalue weighted by molar-refractivity contribution is 9.10. The molecule has 198 valence electrons. The molecular formula is C27H30Br2N2O5S. The van der Waals surface area contributed by atoms with Gasteiger partial charge in [-0.05, 0) is 52.9 Å². The first-order valence-electron chi connectivity index (χ1n) is 11.2. The summed E-state index contributed by atoms with van der Waals surface area (Å²) >= 11 is 8.08. The lowest BCUT2D eigenvalue weighted by Crippen LogP contribution is -2.34. The summed E-state index contributed by atoms with van der Waals surface area (Å²) in [6.45, 7) is 6.29. The van der Waals surface area contributed by atoms with E-state index in [0.29, 0.717) is 10.4 Å². The molecule has 0 radical (unpaired) electrons. The molecule has 0 bridgehead atoms. The van der Waals surface area contributed by atoms with Gasteiger partial charge in [-0.2, -0.15) is 0 Å². The summed E-state index contributed by atoms with van der Waals surface area (Å²) in [7, 11) is 2.63. The van der Waals surface area contributed by atoms with Crippen molar-refractivity contribution in [2.45, 2.75) is 38.3 Å². The molecule has 3 N–H and O–H groups in total. The fraction of sp³-hybridized carbons (Fsp3) is 0.296. The van der Waals surface area contributed by atoms with E-state index in [9.17, 15) is 14.4 Å². The van der Waals surface area contributed by atoms with Crippen LogP contribution in [0.5, 0.6) is 0 Å². The van der Waals surface area contributed by atoms with Gasteiger partial charge in [0, 0.05) is 13.8 Å². The lowest BCUT2D eigenvalue weighted by molar-refractivity contribution is -0.143. The van der Waals surface area contributed by atoms with Gasteiger partial charge in [0.15, 0.2) is 6.04 Å². The molecule has 1 heterocycles. The van der Waals surface area contributed by atoms with Crippen molar-refractivity contribution in [2.24, 2.45) is 5.73 Å². The second-order valence-corrected chi connectivity index (χ2v) is 11.9. The van der Waals surface area contributed by atoms with Gasteiger partial charge in [-0.3, -0.25) is 9.59 Å². The maximum atomic E-state index is 12.5. The molecule has 0 aliphatic heterocycles. The number of amides is 1. The zero-order valence-corrected chi connectivity index (χ0v) is 25.2. The number of ether oxygens (including phenoxy) is 2. The predicted molar refractivity (Wildman–Crippen MR) is 152 cm³/mol. The maximum absolute atomic E-state index is 12.5. The van der Waals surface area contributed by atoms with Gasteiger partial charge < -0.3 is 20.5 Å². The van der Waals surface area contributed by atoms with Crippen molar-refractivity contribution >= 4 is 61.0 Å². The minimum atomic E-state index is -0.837. The summed E-state index contributed by atoms with van der Waals surface area (Å²) in [6.07, 6.45) is 0. The molecule has 1 amide bonds. The third-order valence-electron chi connectivity index (χ3n) is 5.17. The number of esters is 2. The molecule has 37 heavy (non-hydrogen) atoms. The summed E-state index contributed by atoms with van der Waals surface area (Å²) in [5.41, 5.74) is 7.01. The van der Waals surface area contributed by atoms with Crippen molar-refractivity contribution < 1.29 is 23.9 Å². The van der Waals surface area contributed by atoms with E-state index < -0.39 is 24.0 Å². The highest BCUT2D eigenvalue weighted by Crippen LogP contribution is 2.30. The molecule has 1 aromatic heterocycles. The molecule has 2 atom stereocenters. The number of methoxy groups -OCH3 is 2. The minimum absolute atomic E-state index is 0.0172. The van der Waals surface area contributed by atoms with E-state index in [1.807, 2.05) is 30.3 Å². The van der Waals surface area contributed by atoms with E-state index in [1.165, 1.54) is 25.6 Å². The predicted octanol–water partition coefficient (Wildman–Crippen LogP) is 6.07. The Hall–Kier alpha value is -2.53. The Kier molecular flexibility index (Phi) is 11.5. The standard InChI is InChI=1S/C18H20BrNO3S.C9H10BrNO2/c1-18(2,3)14-10-9-13(24-14)16(21)20-15(17(22)23-4)11-5-7-12(19)8-6-11;1-13-9(12)8(11)6-2-4-7(10)5-3-6/h5-10,15H,1-4H3,(H,20,21);2-5,8H,11H2,1H3. The van der Waals surface area contributed by atoms with Gasteiger partial charge in [0.05, 0.1) is 19.1 Å². The van der Waals surface area contributed by atoms with Gasteiger partial charge in [0.25, 0.3) is 5.91 Å². The molecule has 0 saturated carbocycles. The number of hydrogen-bond acceptors (Lipinski definition) is 7. The second-order valence-electron chi connectivity index (χ2n) is 8.95. The topological polar surface area (TPSA) is 108 Å². The fourth-order valence-electron chi connectivity index (χ4n) is 3.05. The van der Waals surface area contributed by atoms with Crippen LogP contribution in [0.25, 0.3) is 0 Å². The normalized spacial score (nSPS) is 12.4. The number of carbonyl (C=O) groups excluding carboxylic acids is 3. The molecule has 0 aliphatic carbocycles. The largest absolute Gasteiger partial charge is 0.468 e. The number of carbonyl (C=O) groups is 3. The average Bonchev–Trinajstić information content (AvgIpc) is 3.39. The number of nitrogens with two attached hydrogens (primary N) is 1.